The van der Waals surface area contributed by atoms with Crippen LogP contribution in [0.3, 0.4) is 0 Å². The summed E-state index contributed by atoms with van der Waals surface area (Å²) < 4.78 is 5.67. The molecule has 0 fully saturated rings. The van der Waals surface area contributed by atoms with E-state index in [2.05, 4.69) is 10.2 Å². The molecule has 94 valence electrons. The highest BCUT2D eigenvalue weighted by molar-refractivity contribution is 5.61. The molecule has 1 aromatic heterocycles. The Bertz CT molecular complexity index is 701. The summed E-state index contributed by atoms with van der Waals surface area (Å²) in [5, 5.41) is 8.12. The Morgan fingerprint density at radius 1 is 0.895 bits per heavy atom. The van der Waals surface area contributed by atoms with Crippen LogP contribution in [0.4, 0.5) is 5.69 Å². The fraction of sp³-hybridized carbons (Fsp3) is 0.0667. The van der Waals surface area contributed by atoms with E-state index in [4.69, 9.17) is 10.2 Å². The van der Waals surface area contributed by atoms with E-state index in [1.54, 1.807) is 0 Å². The zero-order valence-electron chi connectivity index (χ0n) is 10.5. The average Bonchev–Trinajstić information content (AvgIpc) is 2.89. The fourth-order valence-corrected chi connectivity index (χ4v) is 1.82. The molecule has 3 aromatic rings. The van der Waals surface area contributed by atoms with E-state index in [-0.39, 0.29) is 0 Å². The minimum atomic E-state index is 0.475. The van der Waals surface area contributed by atoms with Gasteiger partial charge in [-0.3, -0.25) is 0 Å². The highest BCUT2D eigenvalue weighted by atomic mass is 16.4. The Morgan fingerprint density at radius 3 is 2.26 bits per heavy atom. The van der Waals surface area contributed by atoms with Crippen LogP contribution in [0.15, 0.2) is 52.9 Å². The van der Waals surface area contributed by atoms with Crippen LogP contribution in [0.5, 0.6) is 0 Å². The van der Waals surface area contributed by atoms with E-state index in [1.807, 2.05) is 55.5 Å². The molecule has 3 rings (SSSR count). The number of aryl methyl sites for hydroxylation is 1. The van der Waals surface area contributed by atoms with Gasteiger partial charge in [-0.1, -0.05) is 23.8 Å². The maximum Gasteiger partial charge on any atom is 0.248 e. The lowest BCUT2D eigenvalue weighted by Gasteiger charge is -1.97. The SMILES string of the molecule is Cc1ccc(-c2nnc(-c3cccc(N)c3)o2)cc1. The summed E-state index contributed by atoms with van der Waals surface area (Å²) in [5.74, 6) is 0.986. The second kappa shape index (κ2) is 4.57. The van der Waals surface area contributed by atoms with Crippen molar-refractivity contribution >= 4 is 5.69 Å². The molecule has 0 aliphatic carbocycles. The van der Waals surface area contributed by atoms with Crippen LogP contribution in [0.25, 0.3) is 22.9 Å². The van der Waals surface area contributed by atoms with Crippen molar-refractivity contribution in [3.63, 3.8) is 0 Å². The fourth-order valence-electron chi connectivity index (χ4n) is 1.82. The first-order chi connectivity index (χ1) is 9.22. The summed E-state index contributed by atoms with van der Waals surface area (Å²) in [5.41, 5.74) is 9.34. The maximum absolute atomic E-state index is 5.74. The van der Waals surface area contributed by atoms with Crippen molar-refractivity contribution in [1.29, 1.82) is 0 Å². The first-order valence-electron chi connectivity index (χ1n) is 5.99. The van der Waals surface area contributed by atoms with E-state index in [9.17, 15) is 0 Å². The zero-order valence-corrected chi connectivity index (χ0v) is 10.5. The van der Waals surface area contributed by atoms with Gasteiger partial charge in [-0.2, -0.15) is 0 Å². The summed E-state index contributed by atoms with van der Waals surface area (Å²) in [7, 11) is 0. The molecule has 2 N–H and O–H groups in total. The number of nitrogens with two attached hydrogens (primary N) is 1. The van der Waals surface area contributed by atoms with Gasteiger partial charge in [-0.15, -0.1) is 10.2 Å². The summed E-state index contributed by atoms with van der Waals surface area (Å²) in [6, 6.07) is 15.3. The van der Waals surface area contributed by atoms with Crippen molar-refractivity contribution in [2.24, 2.45) is 0 Å². The third-order valence-electron chi connectivity index (χ3n) is 2.86. The molecule has 0 amide bonds. The summed E-state index contributed by atoms with van der Waals surface area (Å²) in [6.07, 6.45) is 0. The monoisotopic (exact) mass is 251 g/mol. The normalized spacial score (nSPS) is 10.6. The van der Waals surface area contributed by atoms with E-state index < -0.39 is 0 Å². The number of aromatic nitrogens is 2. The number of nitrogens with zero attached hydrogens (tertiary/aromatic N) is 2. The van der Waals surface area contributed by atoms with Gasteiger partial charge >= 0.3 is 0 Å². The quantitative estimate of drug-likeness (QED) is 0.710. The van der Waals surface area contributed by atoms with E-state index in [0.29, 0.717) is 17.5 Å². The van der Waals surface area contributed by atoms with Crippen molar-refractivity contribution in [2.45, 2.75) is 6.92 Å². The molecular formula is C15H13N3O. The molecule has 0 radical (unpaired) electrons. The van der Waals surface area contributed by atoms with Crippen LogP contribution in [0.1, 0.15) is 5.56 Å². The van der Waals surface area contributed by atoms with Gasteiger partial charge in [0.2, 0.25) is 11.8 Å². The number of rotatable bonds is 2. The average molecular weight is 251 g/mol. The molecule has 1 heterocycles. The Kier molecular flexibility index (Phi) is 2.76. The van der Waals surface area contributed by atoms with E-state index in [0.717, 1.165) is 11.1 Å². The number of hydrogen-bond acceptors (Lipinski definition) is 4. The van der Waals surface area contributed by atoms with Crippen molar-refractivity contribution < 1.29 is 4.42 Å². The van der Waals surface area contributed by atoms with Gasteiger partial charge < -0.3 is 10.2 Å². The second-order valence-corrected chi connectivity index (χ2v) is 4.40. The summed E-state index contributed by atoms with van der Waals surface area (Å²) in [4.78, 5) is 0. The predicted molar refractivity (Wildman–Crippen MR) is 74.3 cm³/mol. The third kappa shape index (κ3) is 2.33. The molecular weight excluding hydrogens is 238 g/mol. The highest BCUT2D eigenvalue weighted by Crippen LogP contribution is 2.24. The van der Waals surface area contributed by atoms with Crippen LogP contribution in [-0.4, -0.2) is 10.2 Å². The molecule has 0 atom stereocenters. The topological polar surface area (TPSA) is 64.9 Å². The van der Waals surface area contributed by atoms with Crippen molar-refractivity contribution in [1.82, 2.24) is 10.2 Å². The smallest absolute Gasteiger partial charge is 0.248 e. The molecule has 0 aliphatic heterocycles. The van der Waals surface area contributed by atoms with Gasteiger partial charge in [0.25, 0.3) is 0 Å². The number of hydrogen-bond donors (Lipinski definition) is 1. The first kappa shape index (κ1) is 11.5. The van der Waals surface area contributed by atoms with Crippen LogP contribution >= 0.6 is 0 Å². The third-order valence-corrected chi connectivity index (χ3v) is 2.86. The summed E-state index contributed by atoms with van der Waals surface area (Å²) in [6.45, 7) is 2.04. The predicted octanol–water partition coefficient (Wildman–Crippen LogP) is 3.29. The number of nitrogen functional groups attached to an aromatic ring is 1. The van der Waals surface area contributed by atoms with Crippen molar-refractivity contribution in [3.8, 4) is 22.9 Å². The second-order valence-electron chi connectivity index (χ2n) is 4.40. The number of benzene rings is 2. The van der Waals surface area contributed by atoms with Crippen molar-refractivity contribution in [3.05, 3.63) is 54.1 Å². The molecule has 4 heteroatoms. The zero-order chi connectivity index (χ0) is 13.2. The van der Waals surface area contributed by atoms with E-state index in [1.165, 1.54) is 5.56 Å². The summed E-state index contributed by atoms with van der Waals surface area (Å²) >= 11 is 0. The van der Waals surface area contributed by atoms with Crippen LogP contribution < -0.4 is 5.73 Å². The Hall–Kier alpha value is -2.62. The van der Waals surface area contributed by atoms with E-state index >= 15 is 0 Å². The van der Waals surface area contributed by atoms with Crippen LogP contribution in [0, 0.1) is 6.92 Å². The molecule has 0 unspecified atom stereocenters. The Labute approximate surface area is 110 Å². The maximum atomic E-state index is 5.74. The number of anilines is 1. The molecule has 0 bridgehead atoms. The van der Waals surface area contributed by atoms with Gasteiger partial charge in [0.15, 0.2) is 0 Å². The van der Waals surface area contributed by atoms with Gasteiger partial charge in [0.1, 0.15) is 0 Å². The standard InChI is InChI=1S/C15H13N3O/c1-10-5-7-11(8-6-10)14-17-18-15(19-14)12-3-2-4-13(16)9-12/h2-9H,16H2,1H3. The molecule has 2 aromatic carbocycles. The van der Waals surface area contributed by atoms with Gasteiger partial charge in [0, 0.05) is 16.8 Å². The lowest BCUT2D eigenvalue weighted by molar-refractivity contribution is 0.584. The Balaban J connectivity index is 1.97. The van der Waals surface area contributed by atoms with Crippen molar-refractivity contribution in [2.75, 3.05) is 5.73 Å². The molecule has 4 nitrogen and oxygen atoms in total. The minimum Gasteiger partial charge on any atom is -0.416 e. The molecule has 19 heavy (non-hydrogen) atoms. The Morgan fingerprint density at radius 2 is 1.58 bits per heavy atom. The molecule has 0 aliphatic rings. The van der Waals surface area contributed by atoms with Gasteiger partial charge in [-0.05, 0) is 37.3 Å². The largest absolute Gasteiger partial charge is 0.416 e. The van der Waals surface area contributed by atoms with Crippen LogP contribution in [-0.2, 0) is 0 Å². The first-order valence-corrected chi connectivity index (χ1v) is 5.99. The lowest BCUT2D eigenvalue weighted by Crippen LogP contribution is -1.84. The van der Waals surface area contributed by atoms with Crippen LogP contribution in [0.2, 0.25) is 0 Å². The lowest BCUT2D eigenvalue weighted by atomic mass is 10.1. The molecule has 0 saturated carbocycles. The molecule has 0 spiro atoms. The highest BCUT2D eigenvalue weighted by Gasteiger charge is 2.10. The minimum absolute atomic E-state index is 0.475. The molecule has 0 saturated heterocycles. The van der Waals surface area contributed by atoms with Gasteiger partial charge in [0.05, 0.1) is 0 Å². The van der Waals surface area contributed by atoms with Gasteiger partial charge in [-0.25, -0.2) is 0 Å².